The second kappa shape index (κ2) is 8.24. The first kappa shape index (κ1) is 18.9. The zero-order valence-corrected chi connectivity index (χ0v) is 14.1. The summed E-state index contributed by atoms with van der Waals surface area (Å²) < 4.78 is 0. The van der Waals surface area contributed by atoms with E-state index >= 15 is 0 Å². The van der Waals surface area contributed by atoms with Crippen molar-refractivity contribution in [2.24, 2.45) is 5.41 Å². The summed E-state index contributed by atoms with van der Waals surface area (Å²) in [6.07, 6.45) is 6.45. The number of rotatable bonds is 1. The summed E-state index contributed by atoms with van der Waals surface area (Å²) in [5.41, 5.74) is 3.40. The molecule has 1 aromatic rings. The van der Waals surface area contributed by atoms with Gasteiger partial charge in [0.1, 0.15) is 0 Å². The van der Waals surface area contributed by atoms with Crippen LogP contribution >= 0.6 is 0 Å². The Labute approximate surface area is 133 Å². The van der Waals surface area contributed by atoms with Gasteiger partial charge in [-0.05, 0) is 29.9 Å². The average Bonchev–Trinajstić information content (AvgIpc) is 2.87. The van der Waals surface area contributed by atoms with Crippen LogP contribution in [0.2, 0.25) is 0 Å². The van der Waals surface area contributed by atoms with Gasteiger partial charge in [0.2, 0.25) is 0 Å². The SMILES string of the molecule is CC1=CC=CC1=C([O-])CC(C)(C)C.Cc1ccc[cH-]1.[Fe+2]. The minimum Gasteiger partial charge on any atom is -0.875 e. The fourth-order valence-corrected chi connectivity index (χ4v) is 1.87. The van der Waals surface area contributed by atoms with E-state index in [9.17, 15) is 5.11 Å². The third-order valence-electron chi connectivity index (χ3n) is 2.85. The first-order valence-electron chi connectivity index (χ1n) is 6.73. The van der Waals surface area contributed by atoms with E-state index in [0.29, 0.717) is 6.42 Å². The molecule has 0 spiro atoms. The zero-order valence-electron chi connectivity index (χ0n) is 13.0. The zero-order chi connectivity index (χ0) is 14.5. The van der Waals surface area contributed by atoms with Crippen LogP contribution in [0.15, 0.2) is 59.4 Å². The Bertz CT molecular complexity index is 482. The maximum atomic E-state index is 11.7. The van der Waals surface area contributed by atoms with Crippen molar-refractivity contribution in [2.75, 3.05) is 0 Å². The van der Waals surface area contributed by atoms with Gasteiger partial charge in [0.05, 0.1) is 0 Å². The van der Waals surface area contributed by atoms with E-state index in [1.807, 2.05) is 37.3 Å². The Hall–Kier alpha value is -1.11. The molecule has 0 radical (unpaired) electrons. The molecule has 0 fully saturated rings. The van der Waals surface area contributed by atoms with Gasteiger partial charge in [0.15, 0.2) is 0 Å². The molecule has 0 amide bonds. The van der Waals surface area contributed by atoms with E-state index in [0.717, 1.165) is 11.1 Å². The van der Waals surface area contributed by atoms with Gasteiger partial charge < -0.3 is 5.11 Å². The standard InChI is InChI=1S/C12H18O.C6H7.Fe/c1-9-6-5-7-10(9)11(13)8-12(2,3)4;1-6-4-2-3-5-6;/h5-7,13H,8H2,1-4H3;2-5H,1H3;/q;-1;+2/p-1. The fraction of sp³-hybridized carbons (Fsp3) is 0.389. The summed E-state index contributed by atoms with van der Waals surface area (Å²) in [4.78, 5) is 0. The van der Waals surface area contributed by atoms with E-state index in [1.54, 1.807) is 0 Å². The Kier molecular flexibility index (Phi) is 7.78. The maximum absolute atomic E-state index is 11.7. The van der Waals surface area contributed by atoms with Crippen LogP contribution in [0.1, 0.15) is 39.7 Å². The molecule has 0 heterocycles. The van der Waals surface area contributed by atoms with Crippen LogP contribution in [0.25, 0.3) is 0 Å². The molecule has 1 aliphatic carbocycles. The molecule has 1 nitrogen and oxygen atoms in total. The number of hydrogen-bond donors (Lipinski definition) is 0. The third-order valence-corrected chi connectivity index (χ3v) is 2.85. The van der Waals surface area contributed by atoms with E-state index in [4.69, 9.17) is 0 Å². The number of hydrogen-bond acceptors (Lipinski definition) is 1. The minimum absolute atomic E-state index is 0. The van der Waals surface area contributed by atoms with Gasteiger partial charge >= 0.3 is 17.1 Å². The molecule has 2 rings (SSSR count). The van der Waals surface area contributed by atoms with Gasteiger partial charge in [0, 0.05) is 0 Å². The number of allylic oxidation sites excluding steroid dienone is 6. The van der Waals surface area contributed by atoms with Gasteiger partial charge in [-0.1, -0.05) is 45.9 Å². The Morgan fingerprint density at radius 1 is 1.25 bits per heavy atom. The molecule has 20 heavy (non-hydrogen) atoms. The van der Waals surface area contributed by atoms with E-state index in [-0.39, 0.29) is 28.2 Å². The fourth-order valence-electron chi connectivity index (χ4n) is 1.87. The summed E-state index contributed by atoms with van der Waals surface area (Å²) in [5.74, 6) is 0.259. The second-order valence-corrected chi connectivity index (χ2v) is 6.25. The molecule has 0 N–H and O–H groups in total. The van der Waals surface area contributed by atoms with E-state index in [1.165, 1.54) is 5.56 Å². The molecule has 110 valence electrons. The van der Waals surface area contributed by atoms with Gasteiger partial charge in [-0.25, -0.2) is 12.1 Å². The molecule has 0 aliphatic heterocycles. The summed E-state index contributed by atoms with van der Waals surface area (Å²) in [7, 11) is 0. The summed E-state index contributed by atoms with van der Waals surface area (Å²) in [5, 5.41) is 11.7. The predicted molar refractivity (Wildman–Crippen MR) is 80.8 cm³/mol. The Morgan fingerprint density at radius 3 is 2.20 bits per heavy atom. The first-order valence-corrected chi connectivity index (χ1v) is 6.73. The van der Waals surface area contributed by atoms with Crippen LogP contribution in [0, 0.1) is 12.3 Å². The van der Waals surface area contributed by atoms with Gasteiger partial charge in [0.25, 0.3) is 0 Å². The monoisotopic (exact) mass is 312 g/mol. The molecule has 0 aromatic heterocycles. The Morgan fingerprint density at radius 2 is 1.90 bits per heavy atom. The third kappa shape index (κ3) is 6.88. The summed E-state index contributed by atoms with van der Waals surface area (Å²) in [6.45, 7) is 10.3. The normalized spacial score (nSPS) is 15.9. The van der Waals surface area contributed by atoms with Crippen molar-refractivity contribution >= 4 is 0 Å². The smallest absolute Gasteiger partial charge is 0.875 e. The van der Waals surface area contributed by atoms with Crippen LogP contribution < -0.4 is 5.11 Å². The van der Waals surface area contributed by atoms with Gasteiger partial charge in [-0.3, -0.25) is 0 Å². The van der Waals surface area contributed by atoms with Crippen molar-refractivity contribution in [3.05, 3.63) is 65.0 Å². The molecule has 2 heteroatoms. The quantitative estimate of drug-likeness (QED) is 0.431. The molecule has 1 aliphatic rings. The Balaban J connectivity index is 0.000000434. The van der Waals surface area contributed by atoms with Crippen molar-refractivity contribution in [2.45, 2.75) is 41.0 Å². The molecular formula is C18H24FeO. The van der Waals surface area contributed by atoms with Crippen molar-refractivity contribution in [3.63, 3.8) is 0 Å². The van der Waals surface area contributed by atoms with Gasteiger partial charge in [-0.15, -0.1) is 5.76 Å². The van der Waals surface area contributed by atoms with Crippen LogP contribution in [0.4, 0.5) is 0 Å². The molecular weight excluding hydrogens is 288 g/mol. The topological polar surface area (TPSA) is 23.1 Å². The largest absolute Gasteiger partial charge is 2.00 e. The molecule has 0 atom stereocenters. The molecule has 0 saturated heterocycles. The summed E-state index contributed by atoms with van der Waals surface area (Å²) in [6, 6.07) is 8.24. The van der Waals surface area contributed by atoms with Crippen LogP contribution in [-0.4, -0.2) is 0 Å². The van der Waals surface area contributed by atoms with Crippen molar-refractivity contribution in [1.29, 1.82) is 0 Å². The molecule has 0 unspecified atom stereocenters. The molecule has 0 saturated carbocycles. The van der Waals surface area contributed by atoms with Crippen LogP contribution in [0.5, 0.6) is 0 Å². The van der Waals surface area contributed by atoms with E-state index < -0.39 is 0 Å². The minimum atomic E-state index is 0. The summed E-state index contributed by atoms with van der Waals surface area (Å²) >= 11 is 0. The van der Waals surface area contributed by atoms with E-state index in [2.05, 4.69) is 39.8 Å². The van der Waals surface area contributed by atoms with Crippen LogP contribution in [0.3, 0.4) is 0 Å². The average molecular weight is 312 g/mol. The second-order valence-electron chi connectivity index (χ2n) is 6.25. The molecule has 1 aromatic carbocycles. The predicted octanol–water partition coefficient (Wildman–Crippen LogP) is 4.26. The van der Waals surface area contributed by atoms with Gasteiger partial charge in [-0.2, -0.15) is 17.7 Å². The van der Waals surface area contributed by atoms with Crippen molar-refractivity contribution in [3.8, 4) is 0 Å². The first-order chi connectivity index (χ1) is 8.79. The van der Waals surface area contributed by atoms with Crippen molar-refractivity contribution in [1.82, 2.24) is 0 Å². The maximum Gasteiger partial charge on any atom is 2.00 e. The van der Waals surface area contributed by atoms with Crippen molar-refractivity contribution < 1.29 is 22.2 Å². The number of aryl methyl sites for hydroxylation is 1. The molecule has 0 bridgehead atoms. The van der Waals surface area contributed by atoms with Crippen LogP contribution in [-0.2, 0) is 17.1 Å².